The summed E-state index contributed by atoms with van der Waals surface area (Å²) in [5, 5.41) is 13.4. The van der Waals surface area contributed by atoms with Crippen LogP contribution < -0.4 is 14.8 Å². The van der Waals surface area contributed by atoms with Crippen molar-refractivity contribution in [2.75, 3.05) is 6.54 Å². The Morgan fingerprint density at radius 3 is 2.45 bits per heavy atom. The largest absolute Gasteiger partial charge is 0.457 e. The second kappa shape index (κ2) is 8.81. The van der Waals surface area contributed by atoms with Crippen LogP contribution in [0, 0.1) is 11.3 Å². The first kappa shape index (κ1) is 20.8. The van der Waals surface area contributed by atoms with E-state index in [1.165, 1.54) is 0 Å². The Morgan fingerprint density at radius 1 is 0.970 bits per heavy atom. The van der Waals surface area contributed by atoms with Gasteiger partial charge < -0.3 is 19.4 Å². The SMILES string of the molecule is Cn1cncc1C1(c2ccc(C#N)c(Oc3cccc(Oc4ccccc4)c3)c2)CCCN1. The Hall–Kier alpha value is -4.08. The lowest BCUT2D eigenvalue weighted by molar-refractivity contribution is 0.436. The van der Waals surface area contributed by atoms with Crippen molar-refractivity contribution >= 4 is 0 Å². The van der Waals surface area contributed by atoms with Crippen LogP contribution in [0.3, 0.4) is 0 Å². The molecule has 1 aliphatic heterocycles. The first-order valence-corrected chi connectivity index (χ1v) is 11.0. The molecule has 3 aromatic carbocycles. The average molecular weight is 437 g/mol. The number of nitrogens with one attached hydrogen (secondary N) is 1. The number of aryl methyl sites for hydroxylation is 1. The van der Waals surface area contributed by atoms with Gasteiger partial charge in [0.25, 0.3) is 0 Å². The van der Waals surface area contributed by atoms with E-state index in [0.29, 0.717) is 22.8 Å². The van der Waals surface area contributed by atoms with Crippen molar-refractivity contribution in [3.63, 3.8) is 0 Å². The Balaban J connectivity index is 1.48. The minimum atomic E-state index is -0.365. The fourth-order valence-electron chi connectivity index (χ4n) is 4.44. The fourth-order valence-corrected chi connectivity index (χ4v) is 4.44. The van der Waals surface area contributed by atoms with Crippen LogP contribution in [0.5, 0.6) is 23.0 Å². The average Bonchev–Trinajstić information content (AvgIpc) is 3.50. The van der Waals surface area contributed by atoms with E-state index in [9.17, 15) is 5.26 Å². The van der Waals surface area contributed by atoms with E-state index in [4.69, 9.17) is 9.47 Å². The summed E-state index contributed by atoms with van der Waals surface area (Å²) >= 11 is 0. The number of hydrogen-bond donors (Lipinski definition) is 1. The third-order valence-corrected chi connectivity index (χ3v) is 6.02. The number of nitrogens with zero attached hydrogens (tertiary/aromatic N) is 3. The summed E-state index contributed by atoms with van der Waals surface area (Å²) < 4.78 is 14.2. The monoisotopic (exact) mass is 436 g/mol. The van der Waals surface area contributed by atoms with Crippen LogP contribution in [0.1, 0.15) is 29.7 Å². The molecule has 1 aliphatic rings. The molecule has 6 heteroatoms. The highest BCUT2D eigenvalue weighted by Crippen LogP contribution is 2.40. The highest BCUT2D eigenvalue weighted by Gasteiger charge is 2.39. The van der Waals surface area contributed by atoms with E-state index in [-0.39, 0.29) is 5.54 Å². The van der Waals surface area contributed by atoms with Crippen LogP contribution >= 0.6 is 0 Å². The highest BCUT2D eigenvalue weighted by molar-refractivity contribution is 5.51. The summed E-state index contributed by atoms with van der Waals surface area (Å²) in [6.45, 7) is 0.917. The molecule has 1 saturated heterocycles. The highest BCUT2D eigenvalue weighted by atomic mass is 16.5. The van der Waals surface area contributed by atoms with E-state index in [1.54, 1.807) is 0 Å². The zero-order valence-electron chi connectivity index (χ0n) is 18.4. The van der Waals surface area contributed by atoms with Gasteiger partial charge in [-0.1, -0.05) is 30.3 Å². The lowest BCUT2D eigenvalue weighted by Crippen LogP contribution is -2.39. The molecule has 5 rings (SSSR count). The van der Waals surface area contributed by atoms with Gasteiger partial charge >= 0.3 is 0 Å². The summed E-state index contributed by atoms with van der Waals surface area (Å²) in [5.41, 5.74) is 2.25. The molecule has 164 valence electrons. The van der Waals surface area contributed by atoms with Crippen LogP contribution in [-0.4, -0.2) is 16.1 Å². The third-order valence-electron chi connectivity index (χ3n) is 6.02. The molecule has 0 saturated carbocycles. The molecule has 0 aliphatic carbocycles. The van der Waals surface area contributed by atoms with Gasteiger partial charge in [-0.25, -0.2) is 4.98 Å². The summed E-state index contributed by atoms with van der Waals surface area (Å²) in [4.78, 5) is 4.33. The lowest BCUT2D eigenvalue weighted by Gasteiger charge is -2.31. The van der Waals surface area contributed by atoms with E-state index < -0.39 is 0 Å². The molecule has 1 N–H and O–H groups in total. The molecule has 1 aromatic heterocycles. The Kier molecular flexibility index (Phi) is 5.55. The normalized spacial score (nSPS) is 17.5. The molecular formula is C27H24N4O2. The zero-order valence-corrected chi connectivity index (χ0v) is 18.4. The van der Waals surface area contributed by atoms with Gasteiger partial charge in [0.05, 0.1) is 29.3 Å². The molecule has 0 amide bonds. The molecule has 0 spiro atoms. The number of ether oxygens (including phenoxy) is 2. The molecule has 0 radical (unpaired) electrons. The maximum Gasteiger partial charge on any atom is 0.145 e. The molecule has 2 heterocycles. The van der Waals surface area contributed by atoms with Crippen molar-refractivity contribution in [3.8, 4) is 29.1 Å². The Morgan fingerprint density at radius 2 is 1.76 bits per heavy atom. The van der Waals surface area contributed by atoms with Crippen LogP contribution in [0.25, 0.3) is 0 Å². The predicted molar refractivity (Wildman–Crippen MR) is 125 cm³/mol. The number of hydrogen-bond acceptors (Lipinski definition) is 5. The Labute approximate surface area is 193 Å². The van der Waals surface area contributed by atoms with Crippen LogP contribution in [0.4, 0.5) is 0 Å². The molecule has 6 nitrogen and oxygen atoms in total. The maximum atomic E-state index is 9.71. The molecule has 33 heavy (non-hydrogen) atoms. The number of imidazole rings is 1. The maximum absolute atomic E-state index is 9.71. The fraction of sp³-hybridized carbons (Fsp3) is 0.185. The zero-order chi connectivity index (χ0) is 22.7. The number of benzene rings is 3. The van der Waals surface area contributed by atoms with Gasteiger partial charge in [0.1, 0.15) is 29.1 Å². The molecule has 0 bridgehead atoms. The first-order valence-electron chi connectivity index (χ1n) is 11.0. The van der Waals surface area contributed by atoms with Crippen LogP contribution in [0.15, 0.2) is 85.3 Å². The van der Waals surface area contributed by atoms with Gasteiger partial charge in [-0.2, -0.15) is 5.26 Å². The van der Waals surface area contributed by atoms with Crippen molar-refractivity contribution in [2.45, 2.75) is 18.4 Å². The molecule has 4 aromatic rings. The predicted octanol–water partition coefficient (Wildman–Crippen LogP) is 5.50. The van der Waals surface area contributed by atoms with Gasteiger partial charge in [-0.05, 0) is 61.3 Å². The molecule has 1 atom stereocenters. The summed E-state index contributed by atoms with van der Waals surface area (Å²) in [6.07, 6.45) is 5.72. The number of nitriles is 1. The van der Waals surface area contributed by atoms with Crippen molar-refractivity contribution in [1.82, 2.24) is 14.9 Å². The van der Waals surface area contributed by atoms with Crippen LogP contribution in [-0.2, 0) is 12.6 Å². The van der Waals surface area contributed by atoms with E-state index >= 15 is 0 Å². The molecule has 1 fully saturated rings. The summed E-state index contributed by atoms with van der Waals surface area (Å²) in [7, 11) is 2.00. The quantitative estimate of drug-likeness (QED) is 0.432. The number of rotatable bonds is 6. The van der Waals surface area contributed by atoms with E-state index in [2.05, 4.69) is 16.4 Å². The van der Waals surface area contributed by atoms with Gasteiger partial charge in [0.2, 0.25) is 0 Å². The molecular weight excluding hydrogens is 412 g/mol. The second-order valence-electron chi connectivity index (χ2n) is 8.14. The second-order valence-corrected chi connectivity index (χ2v) is 8.14. The van der Waals surface area contributed by atoms with Gasteiger partial charge in [-0.15, -0.1) is 0 Å². The smallest absolute Gasteiger partial charge is 0.145 e. The van der Waals surface area contributed by atoms with Crippen molar-refractivity contribution in [3.05, 3.63) is 102 Å². The van der Waals surface area contributed by atoms with Crippen molar-refractivity contribution in [1.29, 1.82) is 5.26 Å². The molecule has 1 unspecified atom stereocenters. The van der Waals surface area contributed by atoms with E-state index in [0.717, 1.165) is 36.4 Å². The number of aromatic nitrogens is 2. The van der Waals surface area contributed by atoms with Gasteiger partial charge in [-0.3, -0.25) is 0 Å². The standard InChI is InChI=1S/C27H24N4O2/c1-31-19-29-18-26(31)27(13-6-14-30-27)21-12-11-20(17-28)25(15-21)33-24-10-5-9-23(16-24)32-22-7-3-2-4-8-22/h2-5,7-12,15-16,18-19,30H,6,13-14H2,1H3. The van der Waals surface area contributed by atoms with E-state index in [1.807, 2.05) is 96.9 Å². The third kappa shape index (κ3) is 4.07. The minimum absolute atomic E-state index is 0.365. The number of para-hydroxylation sites is 1. The van der Waals surface area contributed by atoms with Crippen molar-refractivity contribution in [2.24, 2.45) is 7.05 Å². The van der Waals surface area contributed by atoms with Crippen LogP contribution in [0.2, 0.25) is 0 Å². The summed E-state index contributed by atoms with van der Waals surface area (Å²) in [5.74, 6) is 2.53. The van der Waals surface area contributed by atoms with Gasteiger partial charge in [0.15, 0.2) is 0 Å². The van der Waals surface area contributed by atoms with Gasteiger partial charge in [0, 0.05) is 13.1 Å². The Bertz CT molecular complexity index is 1300. The topological polar surface area (TPSA) is 72.1 Å². The lowest BCUT2D eigenvalue weighted by atomic mass is 9.84. The summed E-state index contributed by atoms with van der Waals surface area (Å²) in [6, 6.07) is 25.1. The van der Waals surface area contributed by atoms with Crippen molar-refractivity contribution < 1.29 is 9.47 Å². The minimum Gasteiger partial charge on any atom is -0.457 e. The first-order chi connectivity index (χ1) is 16.2.